The predicted octanol–water partition coefficient (Wildman–Crippen LogP) is 4.45. The van der Waals surface area contributed by atoms with E-state index in [4.69, 9.17) is 11.6 Å². The maximum absolute atomic E-state index is 5.84. The molecule has 0 aromatic heterocycles. The highest BCUT2D eigenvalue weighted by Crippen LogP contribution is 2.29. The first kappa shape index (κ1) is 10.0. The Labute approximate surface area is 97.4 Å². The van der Waals surface area contributed by atoms with Gasteiger partial charge in [-0.15, -0.1) is 0 Å². The molecule has 1 aliphatic carbocycles. The summed E-state index contributed by atoms with van der Waals surface area (Å²) in [4.78, 5) is 0.425. The van der Waals surface area contributed by atoms with Crippen LogP contribution in [0.1, 0.15) is 12.0 Å². The van der Waals surface area contributed by atoms with Crippen LogP contribution in [0.5, 0.6) is 0 Å². The number of halogens is 2. The summed E-state index contributed by atoms with van der Waals surface area (Å²) in [5, 5.41) is 0.784. The lowest BCUT2D eigenvalue weighted by Crippen LogP contribution is -2.02. The topological polar surface area (TPSA) is 0 Å². The Morgan fingerprint density at radius 2 is 1.93 bits per heavy atom. The highest BCUT2D eigenvalue weighted by atomic mass is 79.9. The van der Waals surface area contributed by atoms with Crippen LogP contribution in [0.3, 0.4) is 0 Å². The van der Waals surface area contributed by atoms with Gasteiger partial charge in [0, 0.05) is 9.85 Å². The summed E-state index contributed by atoms with van der Waals surface area (Å²) in [6.45, 7) is 0. The number of rotatable bonds is 1. The maximum Gasteiger partial charge on any atom is 0.0435 e. The molecule has 1 atom stereocenters. The lowest BCUT2D eigenvalue weighted by molar-refractivity contribution is 1.09. The lowest BCUT2D eigenvalue weighted by Gasteiger charge is -2.15. The Morgan fingerprint density at radius 3 is 2.57 bits per heavy atom. The molecule has 14 heavy (non-hydrogen) atoms. The predicted molar refractivity (Wildman–Crippen MR) is 65.9 cm³/mol. The van der Waals surface area contributed by atoms with Gasteiger partial charge in [0.15, 0.2) is 0 Å². The number of benzene rings is 1. The van der Waals surface area contributed by atoms with Gasteiger partial charge in [0.1, 0.15) is 0 Å². The molecule has 1 aromatic rings. The molecule has 0 N–H and O–H groups in total. The second-order valence-electron chi connectivity index (χ2n) is 3.26. The fraction of sp³-hybridized carbons (Fsp3) is 0.167. The van der Waals surface area contributed by atoms with E-state index >= 15 is 0 Å². The quantitative estimate of drug-likeness (QED) is 0.661. The van der Waals surface area contributed by atoms with E-state index in [2.05, 4.69) is 46.3 Å². The number of alkyl halides is 1. The summed E-state index contributed by atoms with van der Waals surface area (Å²) in [6.07, 6.45) is 7.46. The monoisotopic (exact) mass is 268 g/mol. The van der Waals surface area contributed by atoms with E-state index in [0.29, 0.717) is 4.83 Å². The van der Waals surface area contributed by atoms with Crippen LogP contribution in [0.25, 0.3) is 5.57 Å². The third kappa shape index (κ3) is 2.10. The Kier molecular flexibility index (Phi) is 3.09. The molecule has 0 fully saturated rings. The molecular weight excluding hydrogens is 259 g/mol. The van der Waals surface area contributed by atoms with E-state index in [0.717, 1.165) is 11.4 Å². The Bertz CT molecular complexity index is 376. The minimum Gasteiger partial charge on any atom is -0.0843 e. The van der Waals surface area contributed by atoms with Crippen molar-refractivity contribution in [1.82, 2.24) is 0 Å². The van der Waals surface area contributed by atoms with Crippen LogP contribution in [0.2, 0.25) is 5.02 Å². The van der Waals surface area contributed by atoms with Crippen molar-refractivity contribution in [3.05, 3.63) is 53.1 Å². The summed E-state index contributed by atoms with van der Waals surface area (Å²) < 4.78 is 0. The summed E-state index contributed by atoms with van der Waals surface area (Å²) in [7, 11) is 0. The third-order valence-corrected chi connectivity index (χ3v) is 3.39. The normalized spacial score (nSPS) is 20.7. The van der Waals surface area contributed by atoms with Crippen LogP contribution in [0, 0.1) is 0 Å². The summed E-state index contributed by atoms with van der Waals surface area (Å²) >= 11 is 9.50. The molecule has 0 bridgehead atoms. The fourth-order valence-corrected chi connectivity index (χ4v) is 2.28. The van der Waals surface area contributed by atoms with Gasteiger partial charge >= 0.3 is 0 Å². The maximum atomic E-state index is 5.84. The molecule has 0 radical (unpaired) electrons. The van der Waals surface area contributed by atoms with Gasteiger partial charge in [0.05, 0.1) is 0 Å². The van der Waals surface area contributed by atoms with Gasteiger partial charge in [0.2, 0.25) is 0 Å². The van der Waals surface area contributed by atoms with Gasteiger partial charge in [-0.05, 0) is 29.7 Å². The molecule has 0 nitrogen and oxygen atoms in total. The second-order valence-corrected chi connectivity index (χ2v) is 4.80. The summed E-state index contributed by atoms with van der Waals surface area (Å²) in [5.41, 5.74) is 2.56. The second kappa shape index (κ2) is 4.33. The Hall–Kier alpha value is -0.530. The fourth-order valence-electron chi connectivity index (χ4n) is 1.52. The average molecular weight is 270 g/mol. The largest absolute Gasteiger partial charge is 0.0843 e. The van der Waals surface area contributed by atoms with E-state index < -0.39 is 0 Å². The highest BCUT2D eigenvalue weighted by Gasteiger charge is 2.12. The van der Waals surface area contributed by atoms with Crippen LogP contribution in [-0.4, -0.2) is 4.83 Å². The van der Waals surface area contributed by atoms with E-state index in [1.807, 2.05) is 12.1 Å². The van der Waals surface area contributed by atoms with Crippen molar-refractivity contribution < 1.29 is 0 Å². The van der Waals surface area contributed by atoms with Gasteiger partial charge in [-0.3, -0.25) is 0 Å². The molecule has 1 unspecified atom stereocenters. The Balaban J connectivity index is 2.34. The average Bonchev–Trinajstić information content (AvgIpc) is 2.20. The minimum atomic E-state index is 0.425. The smallest absolute Gasteiger partial charge is 0.0435 e. The van der Waals surface area contributed by atoms with E-state index in [-0.39, 0.29) is 0 Å². The van der Waals surface area contributed by atoms with Crippen molar-refractivity contribution in [3.8, 4) is 0 Å². The zero-order chi connectivity index (χ0) is 9.97. The first-order chi connectivity index (χ1) is 6.77. The van der Waals surface area contributed by atoms with E-state index in [1.54, 1.807) is 0 Å². The van der Waals surface area contributed by atoms with Gasteiger partial charge in [-0.25, -0.2) is 0 Å². The molecule has 0 saturated heterocycles. The molecule has 0 spiro atoms. The van der Waals surface area contributed by atoms with Crippen LogP contribution >= 0.6 is 27.5 Å². The van der Waals surface area contributed by atoms with Crippen LogP contribution < -0.4 is 0 Å². The van der Waals surface area contributed by atoms with Crippen LogP contribution in [0.15, 0.2) is 42.5 Å². The van der Waals surface area contributed by atoms with Crippen molar-refractivity contribution in [2.45, 2.75) is 11.2 Å². The van der Waals surface area contributed by atoms with Crippen LogP contribution in [-0.2, 0) is 0 Å². The SMILES string of the molecule is Clc1ccc(C2=CC=CCC2Br)cc1. The van der Waals surface area contributed by atoms with Gasteiger partial charge in [0.25, 0.3) is 0 Å². The molecule has 0 saturated carbocycles. The lowest BCUT2D eigenvalue weighted by atomic mass is 9.97. The van der Waals surface area contributed by atoms with Gasteiger partial charge < -0.3 is 0 Å². The number of hydrogen-bond acceptors (Lipinski definition) is 0. The first-order valence-electron chi connectivity index (χ1n) is 4.54. The van der Waals surface area contributed by atoms with E-state index in [1.165, 1.54) is 11.1 Å². The Morgan fingerprint density at radius 1 is 1.21 bits per heavy atom. The van der Waals surface area contributed by atoms with Crippen molar-refractivity contribution >= 4 is 33.1 Å². The molecule has 1 aliphatic rings. The standard InChI is InChI=1S/C12H10BrCl/c13-12-4-2-1-3-11(12)9-5-7-10(14)8-6-9/h1-3,5-8,12H,4H2. The molecule has 0 aliphatic heterocycles. The molecular formula is C12H10BrCl. The van der Waals surface area contributed by atoms with Gasteiger partial charge in [-0.1, -0.05) is 57.9 Å². The zero-order valence-corrected chi connectivity index (χ0v) is 9.92. The molecule has 72 valence electrons. The van der Waals surface area contributed by atoms with Gasteiger partial charge in [-0.2, -0.15) is 0 Å². The van der Waals surface area contributed by atoms with Crippen LogP contribution in [0.4, 0.5) is 0 Å². The number of hydrogen-bond donors (Lipinski definition) is 0. The minimum absolute atomic E-state index is 0.425. The summed E-state index contributed by atoms with van der Waals surface area (Å²) in [6, 6.07) is 7.97. The van der Waals surface area contributed by atoms with Crippen molar-refractivity contribution in [2.75, 3.05) is 0 Å². The van der Waals surface area contributed by atoms with E-state index in [9.17, 15) is 0 Å². The first-order valence-corrected chi connectivity index (χ1v) is 5.83. The molecule has 2 rings (SSSR count). The zero-order valence-electron chi connectivity index (χ0n) is 7.58. The highest BCUT2D eigenvalue weighted by molar-refractivity contribution is 9.09. The molecule has 0 amide bonds. The summed E-state index contributed by atoms with van der Waals surface area (Å²) in [5.74, 6) is 0. The van der Waals surface area contributed by atoms with Crippen molar-refractivity contribution in [2.24, 2.45) is 0 Å². The molecule has 0 heterocycles. The third-order valence-electron chi connectivity index (χ3n) is 2.27. The van der Waals surface area contributed by atoms with Crippen molar-refractivity contribution in [1.29, 1.82) is 0 Å². The number of allylic oxidation sites excluding steroid dienone is 4. The van der Waals surface area contributed by atoms with Crippen molar-refractivity contribution in [3.63, 3.8) is 0 Å². The molecule has 1 aromatic carbocycles. The molecule has 2 heteroatoms.